The molecule has 0 aromatic heterocycles. The molecule has 2 aromatic rings. The smallest absolute Gasteiger partial charge is 0.244 e. The van der Waals surface area contributed by atoms with Gasteiger partial charge in [0.15, 0.2) is 0 Å². The van der Waals surface area contributed by atoms with E-state index in [9.17, 15) is 18.0 Å². The molecule has 1 fully saturated rings. The van der Waals surface area contributed by atoms with Gasteiger partial charge in [0.1, 0.15) is 18.3 Å². The average Bonchev–Trinajstić information content (AvgIpc) is 2.91. The second-order valence-corrected chi connectivity index (χ2v) is 11.8. The lowest BCUT2D eigenvalue weighted by atomic mass is 9.95. The summed E-state index contributed by atoms with van der Waals surface area (Å²) in [5.41, 5.74) is 2.28. The Hall–Kier alpha value is -3.07. The van der Waals surface area contributed by atoms with Crippen LogP contribution in [0.3, 0.4) is 0 Å². The average molecular weight is 544 g/mol. The first kappa shape index (κ1) is 29.5. The third-order valence-electron chi connectivity index (χ3n) is 7.14. The van der Waals surface area contributed by atoms with E-state index in [1.54, 1.807) is 19.2 Å². The Balaban J connectivity index is 1.92. The van der Waals surface area contributed by atoms with Crippen molar-refractivity contribution < 1.29 is 22.7 Å². The highest BCUT2D eigenvalue weighted by Gasteiger charge is 2.32. The van der Waals surface area contributed by atoms with Crippen molar-refractivity contribution in [1.82, 2.24) is 10.2 Å². The second-order valence-electron chi connectivity index (χ2n) is 9.93. The van der Waals surface area contributed by atoms with Gasteiger partial charge in [-0.15, -0.1) is 0 Å². The fourth-order valence-electron chi connectivity index (χ4n) is 4.94. The van der Waals surface area contributed by atoms with E-state index in [2.05, 4.69) is 5.32 Å². The van der Waals surface area contributed by atoms with Crippen molar-refractivity contribution >= 4 is 27.5 Å². The van der Waals surface area contributed by atoms with Crippen molar-refractivity contribution in [2.75, 3.05) is 24.2 Å². The number of rotatable bonds is 12. The summed E-state index contributed by atoms with van der Waals surface area (Å²) in [6.45, 7) is 3.64. The Labute approximate surface area is 227 Å². The van der Waals surface area contributed by atoms with Crippen LogP contribution in [0.1, 0.15) is 63.5 Å². The molecular formula is C29H41N3O5S. The fourth-order valence-corrected chi connectivity index (χ4v) is 5.79. The summed E-state index contributed by atoms with van der Waals surface area (Å²) in [6, 6.07) is 13.8. The van der Waals surface area contributed by atoms with Gasteiger partial charge in [-0.3, -0.25) is 13.9 Å². The van der Waals surface area contributed by atoms with Crippen LogP contribution in [0.25, 0.3) is 0 Å². The third kappa shape index (κ3) is 7.96. The number of hydrogen-bond acceptors (Lipinski definition) is 5. The highest BCUT2D eigenvalue weighted by Crippen LogP contribution is 2.23. The van der Waals surface area contributed by atoms with E-state index in [0.717, 1.165) is 53.8 Å². The van der Waals surface area contributed by atoms with Crippen LogP contribution >= 0.6 is 0 Å². The number of sulfonamides is 1. The van der Waals surface area contributed by atoms with Gasteiger partial charge in [0.25, 0.3) is 0 Å². The lowest BCUT2D eigenvalue weighted by Gasteiger charge is -2.34. The van der Waals surface area contributed by atoms with Crippen LogP contribution in [0.5, 0.6) is 5.75 Å². The largest absolute Gasteiger partial charge is 0.497 e. The zero-order valence-corrected chi connectivity index (χ0v) is 23.8. The number of nitrogens with one attached hydrogen (secondary N) is 1. The second kappa shape index (κ2) is 13.6. The molecule has 1 atom stereocenters. The first-order valence-corrected chi connectivity index (χ1v) is 15.3. The third-order valence-corrected chi connectivity index (χ3v) is 8.28. The zero-order chi connectivity index (χ0) is 27.7. The molecule has 3 rings (SSSR count). The molecule has 0 unspecified atom stereocenters. The topological polar surface area (TPSA) is 96.0 Å². The van der Waals surface area contributed by atoms with Crippen LogP contribution in [0.4, 0.5) is 5.69 Å². The molecule has 1 aliphatic rings. The summed E-state index contributed by atoms with van der Waals surface area (Å²) < 4.78 is 32.0. The van der Waals surface area contributed by atoms with Gasteiger partial charge in [-0.25, -0.2) is 8.42 Å². The van der Waals surface area contributed by atoms with Crippen LogP contribution < -0.4 is 14.4 Å². The monoisotopic (exact) mass is 543 g/mol. The molecule has 0 spiro atoms. The number of methoxy groups -OCH3 is 1. The van der Waals surface area contributed by atoms with Crippen molar-refractivity contribution in [3.63, 3.8) is 0 Å². The maximum absolute atomic E-state index is 13.9. The molecule has 9 heteroatoms. The number of carbonyl (C=O) groups excluding carboxylic acids is 2. The number of benzene rings is 2. The minimum atomic E-state index is -3.76. The molecule has 2 amide bonds. The Bertz CT molecular complexity index is 1180. The molecule has 38 heavy (non-hydrogen) atoms. The Morgan fingerprint density at radius 1 is 1.03 bits per heavy atom. The van der Waals surface area contributed by atoms with Crippen LogP contribution in [0, 0.1) is 0 Å². The van der Waals surface area contributed by atoms with Crippen molar-refractivity contribution in [2.24, 2.45) is 0 Å². The molecular weight excluding hydrogens is 502 g/mol. The summed E-state index contributed by atoms with van der Waals surface area (Å²) in [5, 5.41) is 3.15. The van der Waals surface area contributed by atoms with E-state index in [-0.39, 0.29) is 18.5 Å². The van der Waals surface area contributed by atoms with E-state index in [1.807, 2.05) is 50.2 Å². The molecule has 208 valence electrons. The molecule has 0 aliphatic heterocycles. The van der Waals surface area contributed by atoms with Gasteiger partial charge in [0.2, 0.25) is 21.8 Å². The molecule has 8 nitrogen and oxygen atoms in total. The molecule has 1 saturated carbocycles. The summed E-state index contributed by atoms with van der Waals surface area (Å²) in [4.78, 5) is 28.8. The minimum Gasteiger partial charge on any atom is -0.497 e. The summed E-state index contributed by atoms with van der Waals surface area (Å²) in [5.74, 6) is 0.000638. The van der Waals surface area contributed by atoms with Gasteiger partial charge in [-0.1, -0.05) is 57.4 Å². The highest BCUT2D eigenvalue weighted by atomic mass is 32.2. The molecule has 1 aliphatic carbocycles. The maximum Gasteiger partial charge on any atom is 0.244 e. The van der Waals surface area contributed by atoms with E-state index in [4.69, 9.17) is 4.74 Å². The van der Waals surface area contributed by atoms with Crippen molar-refractivity contribution in [3.8, 4) is 5.75 Å². The van der Waals surface area contributed by atoms with Crippen molar-refractivity contribution in [2.45, 2.75) is 77.4 Å². The predicted octanol–water partition coefficient (Wildman–Crippen LogP) is 4.28. The van der Waals surface area contributed by atoms with Gasteiger partial charge < -0.3 is 15.0 Å². The van der Waals surface area contributed by atoms with Crippen LogP contribution in [-0.4, -0.2) is 57.1 Å². The number of aryl methyl sites for hydroxylation is 1. The lowest BCUT2D eigenvalue weighted by Crippen LogP contribution is -2.53. The van der Waals surface area contributed by atoms with Crippen LogP contribution in [-0.2, 0) is 32.6 Å². The molecule has 0 radical (unpaired) electrons. The van der Waals surface area contributed by atoms with Crippen molar-refractivity contribution in [1.29, 1.82) is 0 Å². The maximum atomic E-state index is 13.9. The van der Waals surface area contributed by atoms with E-state index < -0.39 is 28.5 Å². The van der Waals surface area contributed by atoms with Crippen LogP contribution in [0.2, 0.25) is 0 Å². The van der Waals surface area contributed by atoms with Gasteiger partial charge in [-0.05, 0) is 61.1 Å². The fraction of sp³-hybridized carbons (Fsp3) is 0.517. The SMILES string of the molecule is CCc1ccc(N(CC(=O)N(Cc2cccc(OC)c2)[C@@H](CC)C(=O)NC2CCCCC2)S(C)(=O)=O)cc1. The summed E-state index contributed by atoms with van der Waals surface area (Å²) >= 11 is 0. The van der Waals surface area contributed by atoms with Gasteiger partial charge in [-0.2, -0.15) is 0 Å². The normalized spacial score (nSPS) is 14.9. The first-order chi connectivity index (χ1) is 18.2. The molecule has 0 heterocycles. The lowest BCUT2D eigenvalue weighted by molar-refractivity contribution is -0.140. The van der Waals surface area contributed by atoms with Crippen LogP contribution in [0.15, 0.2) is 48.5 Å². The Kier molecular flexibility index (Phi) is 10.6. The summed E-state index contributed by atoms with van der Waals surface area (Å²) in [7, 11) is -2.19. The molecule has 0 bridgehead atoms. The quantitative estimate of drug-likeness (QED) is 0.431. The standard InChI is InChI=1S/C29H41N3O5S/c1-5-22-15-17-25(18-16-22)32(38(4,35)36)21-28(33)31(20-23-11-10-14-26(19-23)37-3)27(6-2)29(34)30-24-12-8-7-9-13-24/h10-11,14-19,24,27H,5-9,12-13,20-21H2,1-4H3,(H,30,34)/t27-/m0/s1. The Morgan fingerprint density at radius 3 is 2.29 bits per heavy atom. The Morgan fingerprint density at radius 2 is 1.71 bits per heavy atom. The van der Waals surface area contributed by atoms with Crippen molar-refractivity contribution in [3.05, 3.63) is 59.7 Å². The highest BCUT2D eigenvalue weighted by molar-refractivity contribution is 7.92. The number of nitrogens with zero attached hydrogens (tertiary/aromatic N) is 2. The zero-order valence-electron chi connectivity index (χ0n) is 23.0. The van der Waals surface area contributed by atoms with Gasteiger partial charge >= 0.3 is 0 Å². The number of hydrogen-bond donors (Lipinski definition) is 1. The molecule has 0 saturated heterocycles. The first-order valence-electron chi connectivity index (χ1n) is 13.5. The van der Waals surface area contributed by atoms with E-state index in [0.29, 0.717) is 17.9 Å². The number of anilines is 1. The molecule has 1 N–H and O–H groups in total. The number of amides is 2. The summed E-state index contributed by atoms with van der Waals surface area (Å²) in [6.07, 6.45) is 7.50. The molecule has 2 aromatic carbocycles. The predicted molar refractivity (Wildman–Crippen MR) is 151 cm³/mol. The number of ether oxygens (including phenoxy) is 1. The number of carbonyl (C=O) groups is 2. The van der Waals surface area contributed by atoms with Gasteiger partial charge in [0.05, 0.1) is 19.1 Å². The van der Waals surface area contributed by atoms with E-state index >= 15 is 0 Å². The van der Waals surface area contributed by atoms with E-state index in [1.165, 1.54) is 11.3 Å². The minimum absolute atomic E-state index is 0.101. The van der Waals surface area contributed by atoms with Gasteiger partial charge in [0, 0.05) is 12.6 Å².